The molecule has 0 saturated carbocycles. The molecule has 0 fully saturated rings. The minimum Gasteiger partial charge on any atom is -0.258 e. The number of rotatable bonds is 5. The van der Waals surface area contributed by atoms with E-state index in [0.29, 0.717) is 12.3 Å². The lowest BCUT2D eigenvalue weighted by Gasteiger charge is -2.22. The molecule has 0 atom stereocenters. The smallest absolute Gasteiger partial charge is 0.258 e. The Morgan fingerprint density at radius 2 is 1.56 bits per heavy atom. The lowest BCUT2D eigenvalue weighted by atomic mass is 10.3. The Balaban J connectivity index is 2.71. The van der Waals surface area contributed by atoms with Crippen molar-refractivity contribution in [2.24, 2.45) is 0 Å². The number of hydrogen-bond acceptors (Lipinski definition) is 6. The summed E-state index contributed by atoms with van der Waals surface area (Å²) < 4.78 is 49.9. The van der Waals surface area contributed by atoms with Gasteiger partial charge in [0.25, 0.3) is 15.7 Å². The average molecular weight is 425 g/mol. The van der Waals surface area contributed by atoms with Crippen LogP contribution < -0.4 is 3.71 Å². The number of sulfonamides is 2. The van der Waals surface area contributed by atoms with E-state index in [1.54, 1.807) is 0 Å². The molecule has 2 aromatic rings. The van der Waals surface area contributed by atoms with Crippen LogP contribution >= 0.6 is 23.2 Å². The molecule has 25 heavy (non-hydrogen) atoms. The van der Waals surface area contributed by atoms with Gasteiger partial charge in [-0.25, -0.2) is 16.8 Å². The Bertz CT molecular complexity index is 1040. The number of nitrogens with zero attached hydrogens (tertiary/aromatic N) is 2. The van der Waals surface area contributed by atoms with Gasteiger partial charge in [-0.05, 0) is 36.4 Å². The van der Waals surface area contributed by atoms with Crippen LogP contribution in [0.25, 0.3) is 0 Å². The molecule has 0 radical (unpaired) electrons. The summed E-state index contributed by atoms with van der Waals surface area (Å²) in [5.41, 5.74) is -0.850. The summed E-state index contributed by atoms with van der Waals surface area (Å²) in [6.45, 7) is 0. The molecule has 0 aromatic heterocycles. The molecule has 0 N–H and O–H groups in total. The fraction of sp³-hybridized carbons (Fsp3) is 0.0769. The van der Waals surface area contributed by atoms with Gasteiger partial charge in [0, 0.05) is 11.1 Å². The predicted molar refractivity (Wildman–Crippen MR) is 94.1 cm³/mol. The van der Waals surface area contributed by atoms with E-state index in [4.69, 9.17) is 23.2 Å². The van der Waals surface area contributed by atoms with E-state index >= 15 is 0 Å². The van der Waals surface area contributed by atoms with Crippen molar-refractivity contribution < 1.29 is 21.8 Å². The Morgan fingerprint density at radius 3 is 2.04 bits per heavy atom. The summed E-state index contributed by atoms with van der Waals surface area (Å²) in [6.07, 6.45) is 0.698. The Morgan fingerprint density at radius 1 is 1.00 bits per heavy atom. The third-order valence-electron chi connectivity index (χ3n) is 2.97. The fourth-order valence-electron chi connectivity index (χ4n) is 1.96. The van der Waals surface area contributed by atoms with E-state index in [1.165, 1.54) is 24.3 Å². The number of nitro groups is 1. The van der Waals surface area contributed by atoms with Crippen LogP contribution in [0.15, 0.2) is 47.4 Å². The molecule has 0 amide bonds. The Hall–Kier alpha value is -1.88. The minimum absolute atomic E-state index is 0.170. The summed E-state index contributed by atoms with van der Waals surface area (Å²) >= 11 is 11.4. The predicted octanol–water partition coefficient (Wildman–Crippen LogP) is 3.06. The summed E-state index contributed by atoms with van der Waals surface area (Å²) in [6, 6.07) is 7.72. The molecule has 0 spiro atoms. The summed E-state index contributed by atoms with van der Waals surface area (Å²) in [4.78, 5) is 9.49. The van der Waals surface area contributed by atoms with Crippen molar-refractivity contribution in [1.29, 1.82) is 0 Å². The molecule has 0 bridgehead atoms. The minimum atomic E-state index is -4.66. The van der Waals surface area contributed by atoms with Gasteiger partial charge in [0.1, 0.15) is 5.02 Å². The van der Waals surface area contributed by atoms with E-state index in [0.717, 1.165) is 12.1 Å². The van der Waals surface area contributed by atoms with Gasteiger partial charge < -0.3 is 0 Å². The lowest BCUT2D eigenvalue weighted by Crippen LogP contribution is -2.36. The van der Waals surface area contributed by atoms with Crippen LogP contribution in [-0.2, 0) is 20.0 Å². The zero-order valence-electron chi connectivity index (χ0n) is 12.5. The third kappa shape index (κ3) is 4.03. The van der Waals surface area contributed by atoms with Gasteiger partial charge in [-0.15, -0.1) is 0 Å². The molecule has 0 saturated heterocycles. The molecule has 0 heterocycles. The lowest BCUT2D eigenvalue weighted by molar-refractivity contribution is -0.384. The molecular formula is C13H10Cl2N2O6S2. The molecule has 2 rings (SSSR count). The highest BCUT2D eigenvalue weighted by molar-refractivity contribution is 8.10. The first-order valence-electron chi connectivity index (χ1n) is 6.39. The highest BCUT2D eigenvalue weighted by Crippen LogP contribution is 2.32. The molecule has 8 nitrogen and oxygen atoms in total. The molecule has 0 aliphatic carbocycles. The summed E-state index contributed by atoms with van der Waals surface area (Å²) in [7, 11) is -8.94. The zero-order chi connectivity index (χ0) is 19.0. The van der Waals surface area contributed by atoms with Gasteiger partial charge in [0.2, 0.25) is 10.0 Å². The van der Waals surface area contributed by atoms with Gasteiger partial charge in [-0.2, -0.15) is 3.71 Å². The average Bonchev–Trinajstić information content (AvgIpc) is 2.47. The largest absolute Gasteiger partial charge is 0.289 e. The van der Waals surface area contributed by atoms with Crippen molar-refractivity contribution >= 4 is 54.6 Å². The van der Waals surface area contributed by atoms with Crippen molar-refractivity contribution in [3.05, 3.63) is 62.6 Å². The second kappa shape index (κ2) is 6.79. The number of anilines is 1. The number of nitro benzene ring substituents is 1. The van der Waals surface area contributed by atoms with Gasteiger partial charge in [0.15, 0.2) is 0 Å². The highest BCUT2D eigenvalue weighted by atomic mass is 35.5. The Labute approximate surface area is 153 Å². The topological polar surface area (TPSA) is 115 Å². The second-order valence-corrected chi connectivity index (χ2v) is 9.50. The van der Waals surface area contributed by atoms with Crippen molar-refractivity contribution in [3.63, 3.8) is 0 Å². The molecule has 0 aliphatic heterocycles. The quantitative estimate of drug-likeness (QED) is 0.537. The SMILES string of the molecule is CS(=O)(=O)N(c1ccc(Cl)cc1)S(=O)(=O)c1ccc(Cl)c([N+](=O)[O-])c1. The molecule has 0 aliphatic rings. The van der Waals surface area contributed by atoms with Crippen LogP contribution in [0.3, 0.4) is 0 Å². The summed E-state index contributed by atoms with van der Waals surface area (Å²) in [5, 5.41) is 11.0. The van der Waals surface area contributed by atoms with Crippen molar-refractivity contribution in [2.75, 3.05) is 9.97 Å². The van der Waals surface area contributed by atoms with Crippen molar-refractivity contribution in [3.8, 4) is 0 Å². The third-order valence-corrected chi connectivity index (χ3v) is 7.25. The van der Waals surface area contributed by atoms with E-state index in [9.17, 15) is 26.9 Å². The fourth-order valence-corrected chi connectivity index (χ4v) is 5.55. The van der Waals surface area contributed by atoms with Gasteiger partial charge in [-0.1, -0.05) is 23.2 Å². The molecule has 134 valence electrons. The maximum Gasteiger partial charge on any atom is 0.289 e. The normalized spacial score (nSPS) is 12.0. The molecule has 12 heteroatoms. The van der Waals surface area contributed by atoms with Gasteiger partial charge in [0.05, 0.1) is 21.8 Å². The van der Waals surface area contributed by atoms with E-state index < -0.39 is 35.6 Å². The first-order chi connectivity index (χ1) is 11.4. The van der Waals surface area contributed by atoms with Crippen LogP contribution in [0.5, 0.6) is 0 Å². The number of halogens is 2. The number of benzene rings is 2. The standard InChI is InChI=1S/C13H10Cl2N2O6S2/c1-24(20,21)17(10-4-2-9(14)3-5-10)25(22,23)11-6-7-12(15)13(8-11)16(18)19/h2-8H,1H3. The van der Waals surface area contributed by atoms with Gasteiger partial charge in [-0.3, -0.25) is 10.1 Å². The van der Waals surface area contributed by atoms with Crippen LogP contribution in [0.2, 0.25) is 10.0 Å². The van der Waals surface area contributed by atoms with Crippen LogP contribution in [0.1, 0.15) is 0 Å². The van der Waals surface area contributed by atoms with Gasteiger partial charge >= 0.3 is 0 Å². The monoisotopic (exact) mass is 424 g/mol. The maximum absolute atomic E-state index is 12.8. The van der Waals surface area contributed by atoms with Crippen LogP contribution in [0, 0.1) is 10.1 Å². The van der Waals surface area contributed by atoms with Crippen LogP contribution in [0.4, 0.5) is 11.4 Å². The summed E-state index contributed by atoms with van der Waals surface area (Å²) in [5.74, 6) is 0. The first kappa shape index (κ1) is 19.4. The van der Waals surface area contributed by atoms with E-state index in [1.807, 2.05) is 0 Å². The molecule has 0 unspecified atom stereocenters. The Kier molecular flexibility index (Phi) is 5.28. The second-order valence-electron chi connectivity index (χ2n) is 4.81. The maximum atomic E-state index is 12.8. The van der Waals surface area contributed by atoms with Crippen LogP contribution in [-0.4, -0.2) is 28.0 Å². The first-order valence-corrected chi connectivity index (χ1v) is 10.4. The zero-order valence-corrected chi connectivity index (χ0v) is 15.6. The van der Waals surface area contributed by atoms with Crippen molar-refractivity contribution in [1.82, 2.24) is 0 Å². The molecule has 2 aromatic carbocycles. The van der Waals surface area contributed by atoms with Crippen molar-refractivity contribution in [2.45, 2.75) is 4.90 Å². The number of hydrogen-bond donors (Lipinski definition) is 0. The highest BCUT2D eigenvalue weighted by Gasteiger charge is 2.34. The molecular weight excluding hydrogens is 415 g/mol. The van der Waals surface area contributed by atoms with E-state index in [-0.39, 0.29) is 19.4 Å². The van der Waals surface area contributed by atoms with E-state index in [2.05, 4.69) is 0 Å².